The molecule has 0 bridgehead atoms. The van der Waals surface area contributed by atoms with Crippen LogP contribution in [-0.4, -0.2) is 46.3 Å². The van der Waals surface area contributed by atoms with E-state index in [-0.39, 0.29) is 30.5 Å². The molecule has 2 aromatic carbocycles. The summed E-state index contributed by atoms with van der Waals surface area (Å²) in [6.45, 7) is 1.40. The second-order valence-corrected chi connectivity index (χ2v) is 7.38. The molecule has 8 heteroatoms. The molecule has 0 spiro atoms. The molecular weight excluding hydrogens is 396 g/mol. The van der Waals surface area contributed by atoms with Crippen LogP contribution in [0, 0.1) is 10.1 Å². The predicted molar refractivity (Wildman–Crippen MR) is 118 cm³/mol. The van der Waals surface area contributed by atoms with Crippen LogP contribution in [-0.2, 0) is 4.79 Å². The summed E-state index contributed by atoms with van der Waals surface area (Å²) in [5.41, 5.74) is 3.76. The Hall–Kier alpha value is -3.94. The van der Waals surface area contributed by atoms with Gasteiger partial charge in [-0.2, -0.15) is 0 Å². The highest BCUT2D eigenvalue weighted by atomic mass is 16.6. The molecule has 0 radical (unpaired) electrons. The van der Waals surface area contributed by atoms with E-state index in [0.29, 0.717) is 18.7 Å². The van der Waals surface area contributed by atoms with Crippen LogP contribution >= 0.6 is 0 Å². The van der Waals surface area contributed by atoms with Crippen LogP contribution in [0.2, 0.25) is 0 Å². The number of non-ortho nitro benzene ring substituents is 1. The summed E-state index contributed by atoms with van der Waals surface area (Å²) in [6, 6.07) is 13.5. The topological polar surface area (TPSA) is 108 Å². The highest BCUT2D eigenvalue weighted by Crippen LogP contribution is 2.29. The third-order valence-corrected chi connectivity index (χ3v) is 5.46. The zero-order valence-corrected chi connectivity index (χ0v) is 16.8. The van der Waals surface area contributed by atoms with Gasteiger partial charge in [-0.05, 0) is 30.2 Å². The Kier molecular flexibility index (Phi) is 5.79. The average Bonchev–Trinajstić information content (AvgIpc) is 3.23. The third-order valence-electron chi connectivity index (χ3n) is 5.46. The zero-order valence-electron chi connectivity index (χ0n) is 16.8. The number of benzene rings is 2. The first kappa shape index (κ1) is 20.3. The number of hydrogen-bond acceptors (Lipinski definition) is 4. The van der Waals surface area contributed by atoms with Gasteiger partial charge in [-0.3, -0.25) is 19.7 Å². The number of para-hydroxylation sites is 1. The fourth-order valence-corrected chi connectivity index (χ4v) is 3.76. The molecule has 0 saturated heterocycles. The Balaban J connectivity index is 1.28. The molecule has 1 aliphatic heterocycles. The molecular formula is C23H22N4O4. The maximum Gasteiger partial charge on any atom is 0.269 e. The number of fused-ring (bicyclic) bond motifs is 1. The van der Waals surface area contributed by atoms with Gasteiger partial charge >= 0.3 is 0 Å². The summed E-state index contributed by atoms with van der Waals surface area (Å²) in [5, 5.41) is 14.6. The number of carbonyl (C=O) groups excluding carboxylic acids is 2. The normalized spacial score (nSPS) is 13.7. The van der Waals surface area contributed by atoms with Crippen molar-refractivity contribution in [3.63, 3.8) is 0 Å². The smallest absolute Gasteiger partial charge is 0.269 e. The quantitative estimate of drug-likeness (QED) is 0.472. The maximum atomic E-state index is 12.5. The molecule has 4 rings (SSSR count). The van der Waals surface area contributed by atoms with E-state index in [1.807, 2.05) is 24.4 Å². The van der Waals surface area contributed by atoms with Gasteiger partial charge in [0.05, 0.1) is 4.92 Å². The summed E-state index contributed by atoms with van der Waals surface area (Å²) >= 11 is 0. The predicted octanol–water partition coefficient (Wildman–Crippen LogP) is 3.51. The molecule has 2 N–H and O–H groups in total. The Bertz CT molecular complexity index is 1160. The summed E-state index contributed by atoms with van der Waals surface area (Å²) in [4.78, 5) is 39.9. The minimum atomic E-state index is -0.517. The summed E-state index contributed by atoms with van der Waals surface area (Å²) in [5.74, 6) is -0.374. The van der Waals surface area contributed by atoms with Crippen LogP contribution < -0.4 is 5.32 Å². The largest absolute Gasteiger partial charge is 0.361 e. The fourth-order valence-electron chi connectivity index (χ4n) is 3.76. The first-order valence-electron chi connectivity index (χ1n) is 10.1. The lowest BCUT2D eigenvalue weighted by molar-refractivity contribution is -0.384. The second-order valence-electron chi connectivity index (χ2n) is 7.38. The van der Waals surface area contributed by atoms with Crippen LogP contribution in [0.1, 0.15) is 28.8 Å². The van der Waals surface area contributed by atoms with Crippen molar-refractivity contribution >= 4 is 34.0 Å². The number of carbonyl (C=O) groups is 2. The standard InChI is InChI=1S/C23H22N4O4/c28-22(9-12-24-23(29)17-5-7-18(8-6-17)27(30)31)26-13-10-16(11-14-26)20-15-25-21-4-2-1-3-19(20)21/h1-8,10,15,25H,9,11-14H2,(H,24,29). The molecule has 3 aromatic rings. The Morgan fingerprint density at radius 1 is 1.13 bits per heavy atom. The Morgan fingerprint density at radius 2 is 1.90 bits per heavy atom. The second kappa shape index (κ2) is 8.83. The molecule has 2 amide bonds. The molecule has 31 heavy (non-hydrogen) atoms. The maximum absolute atomic E-state index is 12.5. The number of nitro groups is 1. The van der Waals surface area contributed by atoms with Crippen molar-refractivity contribution in [3.8, 4) is 0 Å². The first-order valence-corrected chi connectivity index (χ1v) is 10.1. The van der Waals surface area contributed by atoms with Crippen molar-refractivity contribution in [3.05, 3.63) is 82.0 Å². The van der Waals surface area contributed by atoms with E-state index in [0.717, 1.165) is 11.9 Å². The fraction of sp³-hybridized carbons (Fsp3) is 0.217. The van der Waals surface area contributed by atoms with E-state index in [4.69, 9.17) is 0 Å². The van der Waals surface area contributed by atoms with Crippen LogP contribution in [0.15, 0.2) is 60.8 Å². The highest BCUT2D eigenvalue weighted by Gasteiger charge is 2.19. The number of amides is 2. The molecule has 0 fully saturated rings. The van der Waals surface area contributed by atoms with Gasteiger partial charge in [0.2, 0.25) is 5.91 Å². The van der Waals surface area contributed by atoms with Gasteiger partial charge in [0.15, 0.2) is 0 Å². The molecule has 1 aromatic heterocycles. The average molecular weight is 418 g/mol. The molecule has 0 atom stereocenters. The van der Waals surface area contributed by atoms with E-state index in [1.54, 1.807) is 4.90 Å². The van der Waals surface area contributed by atoms with Crippen LogP contribution in [0.3, 0.4) is 0 Å². The number of H-pyrrole nitrogens is 1. The number of aromatic amines is 1. The molecule has 0 unspecified atom stereocenters. The van der Waals surface area contributed by atoms with Crippen molar-refractivity contribution in [2.45, 2.75) is 12.8 Å². The lowest BCUT2D eigenvalue weighted by Crippen LogP contribution is -2.37. The molecule has 158 valence electrons. The molecule has 0 aliphatic carbocycles. The highest BCUT2D eigenvalue weighted by molar-refractivity contribution is 5.95. The summed E-state index contributed by atoms with van der Waals surface area (Å²) in [7, 11) is 0. The van der Waals surface area contributed by atoms with Crippen molar-refractivity contribution in [2.24, 2.45) is 0 Å². The van der Waals surface area contributed by atoms with Gasteiger partial charge in [-0.25, -0.2) is 0 Å². The van der Waals surface area contributed by atoms with E-state index >= 15 is 0 Å². The number of nitrogens with one attached hydrogen (secondary N) is 2. The van der Waals surface area contributed by atoms with Crippen LogP contribution in [0.4, 0.5) is 5.69 Å². The van der Waals surface area contributed by atoms with Gasteiger partial charge in [0.25, 0.3) is 11.6 Å². The van der Waals surface area contributed by atoms with Crippen LogP contribution in [0.25, 0.3) is 16.5 Å². The van der Waals surface area contributed by atoms with E-state index in [9.17, 15) is 19.7 Å². The number of rotatable bonds is 6. The molecule has 1 aliphatic rings. The van der Waals surface area contributed by atoms with Crippen LogP contribution in [0.5, 0.6) is 0 Å². The Morgan fingerprint density at radius 3 is 2.61 bits per heavy atom. The van der Waals surface area contributed by atoms with Gasteiger partial charge < -0.3 is 15.2 Å². The lowest BCUT2D eigenvalue weighted by atomic mass is 9.99. The SMILES string of the molecule is O=C(NCCC(=O)N1CC=C(c2c[nH]c3ccccc23)CC1)c1ccc([N+](=O)[O-])cc1. The number of nitro benzene ring substituents is 1. The van der Waals surface area contributed by atoms with Gasteiger partial charge in [-0.15, -0.1) is 0 Å². The third kappa shape index (κ3) is 4.48. The summed E-state index contributed by atoms with van der Waals surface area (Å²) in [6.07, 6.45) is 5.09. The Labute approximate surface area is 178 Å². The van der Waals surface area contributed by atoms with Crippen molar-refractivity contribution < 1.29 is 14.5 Å². The first-order chi connectivity index (χ1) is 15.0. The molecule has 0 saturated carbocycles. The monoisotopic (exact) mass is 418 g/mol. The minimum Gasteiger partial charge on any atom is -0.361 e. The van der Waals surface area contributed by atoms with E-state index in [1.165, 1.54) is 40.8 Å². The van der Waals surface area contributed by atoms with Crippen molar-refractivity contribution in [1.29, 1.82) is 0 Å². The lowest BCUT2D eigenvalue weighted by Gasteiger charge is -2.26. The van der Waals surface area contributed by atoms with E-state index < -0.39 is 4.92 Å². The van der Waals surface area contributed by atoms with Gasteiger partial charge in [-0.1, -0.05) is 24.3 Å². The number of hydrogen-bond donors (Lipinski definition) is 2. The van der Waals surface area contributed by atoms with Gasteiger partial charge in [0, 0.05) is 66.4 Å². The number of aromatic nitrogens is 1. The number of nitrogens with zero attached hydrogens (tertiary/aromatic N) is 2. The molecule has 8 nitrogen and oxygen atoms in total. The van der Waals surface area contributed by atoms with Crippen molar-refractivity contribution in [1.82, 2.24) is 15.2 Å². The summed E-state index contributed by atoms with van der Waals surface area (Å²) < 4.78 is 0. The zero-order chi connectivity index (χ0) is 21.8. The van der Waals surface area contributed by atoms with Crippen molar-refractivity contribution in [2.75, 3.05) is 19.6 Å². The van der Waals surface area contributed by atoms with E-state index in [2.05, 4.69) is 22.4 Å². The van der Waals surface area contributed by atoms with Gasteiger partial charge in [0.1, 0.15) is 0 Å². The molecule has 2 heterocycles. The minimum absolute atomic E-state index is 0.0155.